The van der Waals surface area contributed by atoms with Gasteiger partial charge in [0.2, 0.25) is 6.69 Å². The third-order valence-corrected chi connectivity index (χ3v) is 5.22. The van der Waals surface area contributed by atoms with Crippen LogP contribution in [0.2, 0.25) is 5.31 Å². The van der Waals surface area contributed by atoms with Crippen molar-refractivity contribution >= 4 is 18.2 Å². The van der Waals surface area contributed by atoms with Crippen molar-refractivity contribution < 1.29 is 0 Å². The monoisotopic (exact) mass is 183 g/mol. The zero-order valence-electron chi connectivity index (χ0n) is 8.23. The highest BCUT2D eigenvalue weighted by Gasteiger charge is 2.63. The average Bonchev–Trinajstić information content (AvgIpc) is 2.04. The van der Waals surface area contributed by atoms with Crippen molar-refractivity contribution in [2.75, 3.05) is 0 Å². The van der Waals surface area contributed by atoms with Crippen LogP contribution in [0.25, 0.3) is 0 Å². The van der Waals surface area contributed by atoms with E-state index in [4.69, 9.17) is 11.5 Å². The number of hydrogen-bond donors (Lipinski definition) is 0. The second-order valence-corrected chi connectivity index (χ2v) is 5.47. The molecule has 0 amide bonds. The summed E-state index contributed by atoms with van der Waals surface area (Å²) < 4.78 is 0. The van der Waals surface area contributed by atoms with Gasteiger partial charge in [0, 0.05) is 0 Å². The van der Waals surface area contributed by atoms with Gasteiger partial charge in [-0.15, -0.1) is 0 Å². The minimum absolute atomic E-state index is 0.359. The molecule has 12 heavy (non-hydrogen) atoms. The van der Waals surface area contributed by atoms with E-state index in [2.05, 4.69) is 20.8 Å². The van der Waals surface area contributed by atoms with Gasteiger partial charge in [-0.3, -0.25) is 0 Å². The Labute approximate surface area is 81.2 Å². The van der Waals surface area contributed by atoms with E-state index < -0.39 is 0 Å². The molecular weight excluding hydrogens is 166 g/mol. The maximum Gasteiger partial charge on any atom is 0.246 e. The van der Waals surface area contributed by atoms with E-state index in [-0.39, 0.29) is 0 Å². The molecule has 0 aromatic carbocycles. The van der Waals surface area contributed by atoms with Gasteiger partial charge >= 0.3 is 0 Å². The Morgan fingerprint density at radius 1 is 1.33 bits per heavy atom. The zero-order chi connectivity index (χ0) is 8.98. The van der Waals surface area contributed by atoms with Gasteiger partial charge in [0.25, 0.3) is 0 Å². The highest BCUT2D eigenvalue weighted by Crippen LogP contribution is 2.74. The molecule has 3 saturated carbocycles. The van der Waals surface area contributed by atoms with Gasteiger partial charge < -0.3 is 0 Å². The van der Waals surface area contributed by atoms with Crippen LogP contribution in [0, 0.1) is 17.3 Å². The molecule has 3 rings (SSSR count). The smallest absolute Gasteiger partial charge is 0.203 e. The maximum atomic E-state index is 6.01. The van der Waals surface area contributed by atoms with Crippen LogP contribution >= 0.6 is 11.5 Å². The van der Waals surface area contributed by atoms with Gasteiger partial charge in [-0.05, 0) is 35.4 Å². The first-order valence-corrected chi connectivity index (χ1v) is 5.43. The SMILES string of the molecule is CC1CCC2CC1([B]Cl)C2(C)C. The molecule has 0 spiro atoms. The third-order valence-electron chi connectivity index (χ3n) is 4.83. The molecule has 0 N–H and O–H groups in total. The first kappa shape index (κ1) is 8.93. The molecule has 0 aromatic heterocycles. The molecule has 0 aliphatic heterocycles. The average molecular weight is 184 g/mol. The van der Waals surface area contributed by atoms with Crippen LogP contribution in [0.15, 0.2) is 0 Å². The van der Waals surface area contributed by atoms with E-state index in [9.17, 15) is 0 Å². The summed E-state index contributed by atoms with van der Waals surface area (Å²) in [6.45, 7) is 9.09. The first-order chi connectivity index (χ1) is 5.54. The molecule has 67 valence electrons. The summed E-state index contributed by atoms with van der Waals surface area (Å²) in [4.78, 5) is 0. The summed E-state index contributed by atoms with van der Waals surface area (Å²) in [5.41, 5.74) is 0.465. The second-order valence-electron chi connectivity index (χ2n) is 5.25. The second kappa shape index (κ2) is 2.44. The normalized spacial score (nSPS) is 49.7. The molecule has 3 atom stereocenters. The Balaban J connectivity index is 2.29. The van der Waals surface area contributed by atoms with Crippen LogP contribution in [0.1, 0.15) is 40.0 Å². The van der Waals surface area contributed by atoms with Crippen LogP contribution in [-0.4, -0.2) is 6.69 Å². The number of rotatable bonds is 1. The van der Waals surface area contributed by atoms with E-state index in [1.54, 1.807) is 0 Å². The summed E-state index contributed by atoms with van der Waals surface area (Å²) >= 11 is 6.01. The number of halogens is 1. The fourth-order valence-corrected chi connectivity index (χ4v) is 4.06. The maximum absolute atomic E-state index is 6.01. The van der Waals surface area contributed by atoms with Gasteiger partial charge in [-0.2, -0.15) is 0 Å². The molecule has 3 unspecified atom stereocenters. The standard InChI is InChI=1S/C10H17BCl/c1-7-4-5-8-6-10(7,11-12)9(8,2)3/h7-8H,4-6H2,1-3H3. The Kier molecular flexibility index (Phi) is 1.81. The molecule has 3 aliphatic rings. The lowest BCUT2D eigenvalue weighted by Gasteiger charge is -2.68. The summed E-state index contributed by atoms with van der Waals surface area (Å²) in [7, 11) is 0. The van der Waals surface area contributed by atoms with Crippen LogP contribution in [0.3, 0.4) is 0 Å². The van der Waals surface area contributed by atoms with E-state index in [1.165, 1.54) is 19.3 Å². The van der Waals surface area contributed by atoms with Gasteiger partial charge in [0.1, 0.15) is 0 Å². The van der Waals surface area contributed by atoms with Gasteiger partial charge in [-0.25, -0.2) is 11.5 Å². The van der Waals surface area contributed by atoms with Crippen molar-refractivity contribution in [3.63, 3.8) is 0 Å². The van der Waals surface area contributed by atoms with Crippen molar-refractivity contribution in [3.8, 4) is 0 Å². The molecule has 1 radical (unpaired) electrons. The summed E-state index contributed by atoms with van der Waals surface area (Å²) in [5.74, 6) is 1.72. The van der Waals surface area contributed by atoms with Crippen molar-refractivity contribution in [1.29, 1.82) is 0 Å². The molecule has 0 nitrogen and oxygen atoms in total. The quantitative estimate of drug-likeness (QED) is 0.546. The molecule has 3 fully saturated rings. The lowest BCUT2D eigenvalue weighted by molar-refractivity contribution is -0.0827. The van der Waals surface area contributed by atoms with Crippen molar-refractivity contribution in [2.24, 2.45) is 17.3 Å². The van der Waals surface area contributed by atoms with Crippen LogP contribution in [0.4, 0.5) is 0 Å². The lowest BCUT2D eigenvalue weighted by Crippen LogP contribution is -2.58. The highest BCUT2D eigenvalue weighted by atomic mass is 35.5. The number of fused-ring (bicyclic) bond motifs is 2. The van der Waals surface area contributed by atoms with E-state index in [1.807, 2.05) is 6.69 Å². The van der Waals surface area contributed by atoms with Gasteiger partial charge in [0.15, 0.2) is 0 Å². The Morgan fingerprint density at radius 2 is 2.00 bits per heavy atom. The van der Waals surface area contributed by atoms with E-state index in [0.717, 1.165) is 11.8 Å². The zero-order valence-corrected chi connectivity index (χ0v) is 8.99. The van der Waals surface area contributed by atoms with Crippen molar-refractivity contribution in [2.45, 2.75) is 45.3 Å². The summed E-state index contributed by atoms with van der Waals surface area (Å²) in [6.07, 6.45) is 4.13. The van der Waals surface area contributed by atoms with E-state index >= 15 is 0 Å². The minimum Gasteiger partial charge on any atom is -0.203 e. The Morgan fingerprint density at radius 3 is 2.33 bits per heavy atom. The fourth-order valence-electron chi connectivity index (χ4n) is 3.48. The molecule has 2 heteroatoms. The summed E-state index contributed by atoms with van der Waals surface area (Å²) in [6, 6.07) is 0. The lowest BCUT2D eigenvalue weighted by atomic mass is 9.30. The van der Waals surface area contributed by atoms with Gasteiger partial charge in [0.05, 0.1) is 0 Å². The van der Waals surface area contributed by atoms with Crippen LogP contribution < -0.4 is 0 Å². The van der Waals surface area contributed by atoms with Crippen molar-refractivity contribution in [3.05, 3.63) is 0 Å². The minimum atomic E-state index is 0.359. The molecule has 0 aromatic rings. The predicted octanol–water partition coefficient (Wildman–Crippen LogP) is 3.48. The molecule has 0 heterocycles. The highest BCUT2D eigenvalue weighted by molar-refractivity contribution is 6.95. The largest absolute Gasteiger partial charge is 0.246 e. The molecule has 3 aliphatic carbocycles. The topological polar surface area (TPSA) is 0 Å². The van der Waals surface area contributed by atoms with E-state index in [0.29, 0.717) is 10.7 Å². The van der Waals surface area contributed by atoms with Crippen LogP contribution in [-0.2, 0) is 0 Å². The molecule has 2 bridgehead atoms. The predicted molar refractivity (Wildman–Crippen MR) is 54.6 cm³/mol. The Bertz CT molecular complexity index is 202. The van der Waals surface area contributed by atoms with Gasteiger partial charge in [-0.1, -0.05) is 27.2 Å². The fraction of sp³-hybridized carbons (Fsp3) is 1.00. The summed E-state index contributed by atoms with van der Waals surface area (Å²) in [5, 5.41) is 0.359. The Hall–Kier alpha value is 0.355. The third kappa shape index (κ3) is 0.768. The molecule has 0 saturated heterocycles. The van der Waals surface area contributed by atoms with Crippen molar-refractivity contribution in [1.82, 2.24) is 0 Å². The molecular formula is C10H17BCl. The number of hydrogen-bond acceptors (Lipinski definition) is 0. The first-order valence-electron chi connectivity index (χ1n) is 4.99. The van der Waals surface area contributed by atoms with Crippen LogP contribution in [0.5, 0.6) is 0 Å².